The number of aliphatic imine (C=N–C) groups is 1. The molecule has 1 unspecified atom stereocenters. The Morgan fingerprint density at radius 2 is 1.86 bits per heavy atom. The van der Waals surface area contributed by atoms with Crippen molar-refractivity contribution >= 4 is 29.9 Å². The maximum atomic E-state index is 5.82. The molecule has 1 aromatic rings. The molecule has 0 spiro atoms. The van der Waals surface area contributed by atoms with Crippen molar-refractivity contribution < 1.29 is 4.74 Å². The molecule has 0 amide bonds. The molecule has 5 heteroatoms. The molecule has 1 rings (SSSR count). The van der Waals surface area contributed by atoms with E-state index in [-0.39, 0.29) is 24.0 Å². The van der Waals surface area contributed by atoms with Crippen molar-refractivity contribution in [3.63, 3.8) is 0 Å². The lowest BCUT2D eigenvalue weighted by Crippen LogP contribution is -2.35. The van der Waals surface area contributed by atoms with Crippen molar-refractivity contribution in [1.82, 2.24) is 5.32 Å². The summed E-state index contributed by atoms with van der Waals surface area (Å²) < 4.78 is 5.15. The second-order valence-corrected chi connectivity index (χ2v) is 5.66. The number of ether oxygens (including phenoxy) is 1. The minimum absolute atomic E-state index is 0. The molecule has 21 heavy (non-hydrogen) atoms. The van der Waals surface area contributed by atoms with Gasteiger partial charge in [0.25, 0.3) is 0 Å². The van der Waals surface area contributed by atoms with Crippen LogP contribution >= 0.6 is 24.0 Å². The number of nitrogens with two attached hydrogens (primary N) is 1. The Labute approximate surface area is 145 Å². The number of methoxy groups -OCH3 is 1. The van der Waals surface area contributed by atoms with Crippen LogP contribution in [0.5, 0.6) is 5.75 Å². The highest BCUT2D eigenvalue weighted by Gasteiger charge is 2.04. The molecule has 0 bridgehead atoms. The molecule has 0 saturated carbocycles. The summed E-state index contributed by atoms with van der Waals surface area (Å²) in [4.78, 5) is 4.29. The molecule has 1 aromatic carbocycles. The molecule has 0 radical (unpaired) electrons. The van der Waals surface area contributed by atoms with Crippen LogP contribution < -0.4 is 15.8 Å². The molecule has 0 aliphatic heterocycles. The number of rotatable bonds is 7. The molecule has 0 aliphatic carbocycles. The summed E-state index contributed by atoms with van der Waals surface area (Å²) in [5.74, 6) is 2.47. The van der Waals surface area contributed by atoms with Crippen molar-refractivity contribution in [2.75, 3.05) is 20.2 Å². The summed E-state index contributed by atoms with van der Waals surface area (Å²) in [6, 6.07) is 8.19. The summed E-state index contributed by atoms with van der Waals surface area (Å²) in [6.07, 6.45) is 1.01. The Bertz CT molecular complexity index is 418. The smallest absolute Gasteiger partial charge is 0.188 e. The minimum atomic E-state index is 0. The molecule has 4 nitrogen and oxygen atoms in total. The average Bonchev–Trinajstić information content (AvgIpc) is 2.43. The lowest BCUT2D eigenvalue weighted by molar-refractivity contribution is 0.414. The Morgan fingerprint density at radius 1 is 1.24 bits per heavy atom. The van der Waals surface area contributed by atoms with Crippen LogP contribution in [-0.2, 0) is 6.42 Å². The molecule has 0 aromatic heterocycles. The summed E-state index contributed by atoms with van der Waals surface area (Å²) >= 11 is 0. The van der Waals surface area contributed by atoms with Gasteiger partial charge < -0.3 is 15.8 Å². The largest absolute Gasteiger partial charge is 0.497 e. The van der Waals surface area contributed by atoms with Gasteiger partial charge in [0.15, 0.2) is 5.96 Å². The number of halogens is 1. The van der Waals surface area contributed by atoms with Gasteiger partial charge >= 0.3 is 0 Å². The highest BCUT2D eigenvalue weighted by Crippen LogP contribution is 2.14. The quantitative estimate of drug-likeness (QED) is 0.417. The maximum absolute atomic E-state index is 5.82. The van der Waals surface area contributed by atoms with Crippen LogP contribution in [-0.4, -0.2) is 26.2 Å². The summed E-state index contributed by atoms with van der Waals surface area (Å²) in [5.41, 5.74) is 7.13. The molecule has 3 N–H and O–H groups in total. The number of hydrogen-bond donors (Lipinski definition) is 2. The third-order valence-electron chi connectivity index (χ3n) is 3.00. The van der Waals surface area contributed by atoms with Crippen LogP contribution in [0.25, 0.3) is 0 Å². The molecule has 0 heterocycles. The van der Waals surface area contributed by atoms with Crippen molar-refractivity contribution in [3.05, 3.63) is 29.8 Å². The molecular formula is C16H28IN3O. The number of nitrogens with one attached hydrogen (secondary N) is 1. The maximum Gasteiger partial charge on any atom is 0.188 e. The van der Waals surface area contributed by atoms with E-state index in [0.717, 1.165) is 25.3 Å². The normalized spacial score (nSPS) is 12.7. The molecule has 0 fully saturated rings. The zero-order valence-electron chi connectivity index (χ0n) is 13.4. The average molecular weight is 405 g/mol. The van der Waals surface area contributed by atoms with E-state index < -0.39 is 0 Å². The van der Waals surface area contributed by atoms with Crippen molar-refractivity contribution in [1.29, 1.82) is 0 Å². The highest BCUT2D eigenvalue weighted by molar-refractivity contribution is 14.0. The van der Waals surface area contributed by atoms with E-state index in [1.165, 1.54) is 5.56 Å². The Kier molecular flexibility index (Phi) is 10.2. The van der Waals surface area contributed by atoms with Crippen molar-refractivity contribution in [2.24, 2.45) is 22.6 Å². The number of benzene rings is 1. The van der Waals surface area contributed by atoms with E-state index in [2.05, 4.69) is 43.2 Å². The van der Waals surface area contributed by atoms with Gasteiger partial charge in [-0.05, 0) is 36.0 Å². The SMILES string of the molecule is COc1ccc(CC(C)CNC(N)=NCC(C)C)cc1.I. The predicted octanol–water partition coefficient (Wildman–Crippen LogP) is 3.05. The number of nitrogens with zero attached hydrogens (tertiary/aromatic N) is 1. The van der Waals surface area contributed by atoms with Crippen LogP contribution in [0.1, 0.15) is 26.3 Å². The van der Waals surface area contributed by atoms with Gasteiger partial charge in [0.1, 0.15) is 5.75 Å². The summed E-state index contributed by atoms with van der Waals surface area (Å²) in [5, 5.41) is 3.18. The van der Waals surface area contributed by atoms with Gasteiger partial charge in [-0.25, -0.2) is 0 Å². The van der Waals surface area contributed by atoms with Crippen molar-refractivity contribution in [3.8, 4) is 5.75 Å². The van der Waals surface area contributed by atoms with Crippen molar-refractivity contribution in [2.45, 2.75) is 27.2 Å². The van der Waals surface area contributed by atoms with Gasteiger partial charge in [0, 0.05) is 13.1 Å². The summed E-state index contributed by atoms with van der Waals surface area (Å²) in [6.45, 7) is 8.06. The fourth-order valence-corrected chi connectivity index (χ4v) is 1.85. The van der Waals surface area contributed by atoms with Crippen LogP contribution in [0.15, 0.2) is 29.3 Å². The summed E-state index contributed by atoms with van der Waals surface area (Å²) in [7, 11) is 1.68. The molecule has 0 saturated heterocycles. The monoisotopic (exact) mass is 405 g/mol. The standard InChI is InChI=1S/C16H27N3O.HI/c1-12(2)10-18-16(17)19-11-13(3)9-14-5-7-15(20-4)8-6-14;/h5-8,12-13H,9-11H2,1-4H3,(H3,17,18,19);1H. The van der Waals surface area contributed by atoms with Gasteiger partial charge in [-0.2, -0.15) is 0 Å². The Morgan fingerprint density at radius 3 is 2.38 bits per heavy atom. The Balaban J connectivity index is 0.00000400. The fourth-order valence-electron chi connectivity index (χ4n) is 1.85. The van der Waals surface area contributed by atoms with E-state index in [0.29, 0.717) is 17.8 Å². The van der Waals surface area contributed by atoms with Gasteiger partial charge in [0.05, 0.1) is 7.11 Å². The first-order valence-corrected chi connectivity index (χ1v) is 7.18. The van der Waals surface area contributed by atoms with Crippen LogP contribution in [0.3, 0.4) is 0 Å². The first-order valence-electron chi connectivity index (χ1n) is 7.18. The topological polar surface area (TPSA) is 59.6 Å². The van der Waals surface area contributed by atoms with E-state index in [1.54, 1.807) is 7.11 Å². The zero-order chi connectivity index (χ0) is 15.0. The van der Waals surface area contributed by atoms with E-state index >= 15 is 0 Å². The van der Waals surface area contributed by atoms with E-state index in [9.17, 15) is 0 Å². The molecule has 1 atom stereocenters. The molecular weight excluding hydrogens is 377 g/mol. The first-order chi connectivity index (χ1) is 9.51. The lowest BCUT2D eigenvalue weighted by Gasteiger charge is -2.13. The van der Waals surface area contributed by atoms with Crippen LogP contribution in [0, 0.1) is 11.8 Å². The third-order valence-corrected chi connectivity index (χ3v) is 3.00. The van der Waals surface area contributed by atoms with Crippen LogP contribution in [0.2, 0.25) is 0 Å². The van der Waals surface area contributed by atoms with Crippen LogP contribution in [0.4, 0.5) is 0 Å². The second-order valence-electron chi connectivity index (χ2n) is 5.66. The predicted molar refractivity (Wildman–Crippen MR) is 101 cm³/mol. The zero-order valence-corrected chi connectivity index (χ0v) is 15.8. The molecule has 0 aliphatic rings. The number of guanidine groups is 1. The Hall–Kier alpha value is -0.980. The first kappa shape index (κ1) is 20.0. The highest BCUT2D eigenvalue weighted by atomic mass is 127. The van der Waals surface area contributed by atoms with Gasteiger partial charge in [-0.15, -0.1) is 24.0 Å². The van der Waals surface area contributed by atoms with Gasteiger partial charge in [-0.1, -0.05) is 32.9 Å². The third kappa shape index (κ3) is 8.80. The lowest BCUT2D eigenvalue weighted by atomic mass is 10.0. The van der Waals surface area contributed by atoms with E-state index in [1.807, 2.05) is 12.1 Å². The number of hydrogen-bond acceptors (Lipinski definition) is 2. The van der Waals surface area contributed by atoms with Gasteiger partial charge in [-0.3, -0.25) is 4.99 Å². The minimum Gasteiger partial charge on any atom is -0.497 e. The van der Waals surface area contributed by atoms with E-state index in [4.69, 9.17) is 10.5 Å². The van der Waals surface area contributed by atoms with Gasteiger partial charge in [0.2, 0.25) is 0 Å². The molecule has 120 valence electrons. The second kappa shape index (κ2) is 10.7. The fraction of sp³-hybridized carbons (Fsp3) is 0.562.